The summed E-state index contributed by atoms with van der Waals surface area (Å²) in [6.07, 6.45) is 0. The number of carbonyl (C=O) groups is 1. The van der Waals surface area contributed by atoms with Crippen molar-refractivity contribution in [2.24, 2.45) is 0 Å². The van der Waals surface area contributed by atoms with Crippen molar-refractivity contribution in [3.8, 4) is 34.5 Å². The maximum Gasteiger partial charge on any atom is 0.322 e. The van der Waals surface area contributed by atoms with Crippen LogP contribution in [0.4, 0.5) is 6.01 Å². The topological polar surface area (TPSA) is 95.7 Å². The minimum Gasteiger partial charge on any atom is -0.497 e. The van der Waals surface area contributed by atoms with Crippen LogP contribution in [0.15, 0.2) is 77.2 Å². The van der Waals surface area contributed by atoms with Crippen LogP contribution in [0.2, 0.25) is 0 Å². The molecule has 0 fully saturated rings. The van der Waals surface area contributed by atoms with Crippen LogP contribution in [-0.2, 0) is 0 Å². The highest BCUT2D eigenvalue weighted by atomic mass is 16.5. The van der Waals surface area contributed by atoms with E-state index in [1.807, 2.05) is 18.2 Å². The van der Waals surface area contributed by atoms with Crippen LogP contribution in [0, 0.1) is 0 Å². The second-order valence-corrected chi connectivity index (χ2v) is 6.38. The fourth-order valence-electron chi connectivity index (χ4n) is 2.84. The van der Waals surface area contributed by atoms with Crippen molar-refractivity contribution in [2.45, 2.75) is 0 Å². The molecule has 1 N–H and O–H groups in total. The van der Waals surface area contributed by atoms with Gasteiger partial charge in [-0.15, -0.1) is 5.10 Å². The summed E-state index contributed by atoms with van der Waals surface area (Å²) in [5, 5.41) is 10.5. The van der Waals surface area contributed by atoms with Crippen molar-refractivity contribution in [1.82, 2.24) is 10.2 Å². The van der Waals surface area contributed by atoms with Crippen LogP contribution in [-0.4, -0.2) is 30.3 Å². The molecule has 3 aromatic carbocycles. The summed E-state index contributed by atoms with van der Waals surface area (Å²) in [5.41, 5.74) is 0.922. The molecule has 0 aliphatic heterocycles. The summed E-state index contributed by atoms with van der Waals surface area (Å²) < 4.78 is 22.0. The number of anilines is 1. The molecule has 0 spiro atoms. The highest BCUT2D eigenvalue weighted by Crippen LogP contribution is 2.30. The van der Waals surface area contributed by atoms with E-state index in [0.29, 0.717) is 34.1 Å². The predicted molar refractivity (Wildman–Crippen MR) is 114 cm³/mol. The fraction of sp³-hybridized carbons (Fsp3) is 0.0870. The van der Waals surface area contributed by atoms with Crippen LogP contribution >= 0.6 is 0 Å². The number of para-hydroxylation sites is 2. The largest absolute Gasteiger partial charge is 0.497 e. The van der Waals surface area contributed by atoms with Crippen molar-refractivity contribution in [3.63, 3.8) is 0 Å². The van der Waals surface area contributed by atoms with Gasteiger partial charge in [-0.2, -0.15) is 0 Å². The Morgan fingerprint density at radius 3 is 2.23 bits per heavy atom. The average molecular weight is 417 g/mol. The number of benzene rings is 3. The Labute approximate surface area is 178 Å². The van der Waals surface area contributed by atoms with E-state index in [1.165, 1.54) is 0 Å². The summed E-state index contributed by atoms with van der Waals surface area (Å²) in [7, 11) is 3.10. The number of amides is 1. The number of methoxy groups -OCH3 is 2. The van der Waals surface area contributed by atoms with E-state index in [1.54, 1.807) is 68.8 Å². The molecule has 4 rings (SSSR count). The average Bonchev–Trinajstić information content (AvgIpc) is 3.28. The third-order valence-electron chi connectivity index (χ3n) is 4.35. The molecule has 8 heteroatoms. The first-order valence-corrected chi connectivity index (χ1v) is 9.36. The monoisotopic (exact) mass is 417 g/mol. The van der Waals surface area contributed by atoms with Crippen LogP contribution in [0.5, 0.6) is 23.0 Å². The molecule has 1 aromatic heterocycles. The third kappa shape index (κ3) is 4.64. The van der Waals surface area contributed by atoms with Gasteiger partial charge in [-0.3, -0.25) is 10.1 Å². The quantitative estimate of drug-likeness (QED) is 0.461. The lowest BCUT2D eigenvalue weighted by Crippen LogP contribution is -2.13. The summed E-state index contributed by atoms with van der Waals surface area (Å²) in [6, 6.07) is 21.2. The molecule has 0 aliphatic rings. The number of rotatable bonds is 7. The minimum atomic E-state index is -0.440. The van der Waals surface area contributed by atoms with E-state index in [2.05, 4.69) is 15.5 Å². The Hall–Kier alpha value is -4.33. The zero-order valence-corrected chi connectivity index (χ0v) is 16.9. The zero-order valence-electron chi connectivity index (χ0n) is 16.9. The molecule has 0 bridgehead atoms. The smallest absolute Gasteiger partial charge is 0.322 e. The molecular formula is C23H19N3O5. The van der Waals surface area contributed by atoms with Gasteiger partial charge in [0.15, 0.2) is 0 Å². The van der Waals surface area contributed by atoms with Gasteiger partial charge in [-0.1, -0.05) is 35.4 Å². The van der Waals surface area contributed by atoms with E-state index in [9.17, 15) is 4.79 Å². The van der Waals surface area contributed by atoms with E-state index in [-0.39, 0.29) is 11.9 Å². The molecular weight excluding hydrogens is 398 g/mol. The van der Waals surface area contributed by atoms with Gasteiger partial charge in [-0.05, 0) is 36.4 Å². The number of hydrogen-bond donors (Lipinski definition) is 1. The van der Waals surface area contributed by atoms with Crippen LogP contribution < -0.4 is 19.5 Å². The van der Waals surface area contributed by atoms with Gasteiger partial charge in [-0.25, -0.2) is 0 Å². The molecule has 8 nitrogen and oxygen atoms in total. The molecule has 0 aliphatic carbocycles. The zero-order chi connectivity index (χ0) is 21.6. The summed E-state index contributed by atoms with van der Waals surface area (Å²) in [4.78, 5) is 12.8. The Morgan fingerprint density at radius 1 is 0.839 bits per heavy atom. The number of nitrogens with one attached hydrogen (secondary N) is 1. The molecule has 0 saturated carbocycles. The van der Waals surface area contributed by atoms with Gasteiger partial charge in [0.2, 0.25) is 5.89 Å². The van der Waals surface area contributed by atoms with Crippen LogP contribution in [0.25, 0.3) is 11.5 Å². The Bertz CT molecular complexity index is 1170. The van der Waals surface area contributed by atoms with Gasteiger partial charge in [0.25, 0.3) is 5.91 Å². The molecule has 0 radical (unpaired) electrons. The van der Waals surface area contributed by atoms with Crippen molar-refractivity contribution in [3.05, 3.63) is 78.4 Å². The second kappa shape index (κ2) is 9.00. The van der Waals surface area contributed by atoms with Crippen molar-refractivity contribution >= 4 is 11.9 Å². The maximum absolute atomic E-state index is 12.8. The van der Waals surface area contributed by atoms with Gasteiger partial charge >= 0.3 is 6.01 Å². The highest BCUT2D eigenvalue weighted by molar-refractivity contribution is 6.05. The number of ether oxygens (including phenoxy) is 3. The Morgan fingerprint density at radius 2 is 1.52 bits per heavy atom. The molecule has 1 heterocycles. The maximum atomic E-state index is 12.8. The summed E-state index contributed by atoms with van der Waals surface area (Å²) >= 11 is 0. The second-order valence-electron chi connectivity index (χ2n) is 6.38. The van der Waals surface area contributed by atoms with Gasteiger partial charge in [0, 0.05) is 11.6 Å². The normalized spacial score (nSPS) is 10.4. The molecule has 1 amide bonds. The predicted octanol–water partition coefficient (Wildman–Crippen LogP) is 4.80. The minimum absolute atomic E-state index is 0.0451. The van der Waals surface area contributed by atoms with Crippen molar-refractivity contribution in [2.75, 3.05) is 19.5 Å². The van der Waals surface area contributed by atoms with Crippen molar-refractivity contribution in [1.29, 1.82) is 0 Å². The lowest BCUT2D eigenvalue weighted by molar-refractivity contribution is 0.102. The van der Waals surface area contributed by atoms with Crippen molar-refractivity contribution < 1.29 is 23.4 Å². The fourth-order valence-corrected chi connectivity index (χ4v) is 2.84. The Kier molecular flexibility index (Phi) is 5.79. The number of hydrogen-bond acceptors (Lipinski definition) is 7. The molecule has 0 unspecified atom stereocenters. The molecule has 0 saturated heterocycles. The molecule has 0 atom stereocenters. The molecule has 31 heavy (non-hydrogen) atoms. The first kappa shape index (κ1) is 20.0. The van der Waals surface area contributed by atoms with Crippen LogP contribution in [0.3, 0.4) is 0 Å². The standard InChI is InChI=1S/C23H19N3O5/c1-28-17-12-15(13-18(14-17)29-2)22-25-26-23(31-22)24-21(27)19-10-6-7-11-20(19)30-16-8-4-3-5-9-16/h3-14H,1-2H3,(H,24,26,27). The highest BCUT2D eigenvalue weighted by Gasteiger charge is 2.17. The third-order valence-corrected chi connectivity index (χ3v) is 4.35. The number of aromatic nitrogens is 2. The molecule has 4 aromatic rings. The Balaban J connectivity index is 1.54. The van der Waals surface area contributed by atoms with E-state index < -0.39 is 5.91 Å². The van der Waals surface area contributed by atoms with Gasteiger partial charge < -0.3 is 18.6 Å². The lowest BCUT2D eigenvalue weighted by Gasteiger charge is -2.10. The SMILES string of the molecule is COc1cc(OC)cc(-c2nnc(NC(=O)c3ccccc3Oc3ccccc3)o2)c1. The van der Waals surface area contributed by atoms with E-state index in [4.69, 9.17) is 18.6 Å². The van der Waals surface area contributed by atoms with E-state index >= 15 is 0 Å². The van der Waals surface area contributed by atoms with Crippen LogP contribution in [0.1, 0.15) is 10.4 Å². The summed E-state index contributed by atoms with van der Waals surface area (Å²) in [5.74, 6) is 1.94. The first-order chi connectivity index (χ1) is 15.2. The van der Waals surface area contributed by atoms with Gasteiger partial charge in [0.1, 0.15) is 23.0 Å². The van der Waals surface area contributed by atoms with E-state index in [0.717, 1.165) is 0 Å². The van der Waals surface area contributed by atoms with Gasteiger partial charge in [0.05, 0.1) is 19.8 Å². The first-order valence-electron chi connectivity index (χ1n) is 9.36. The summed E-state index contributed by atoms with van der Waals surface area (Å²) in [6.45, 7) is 0. The lowest BCUT2D eigenvalue weighted by atomic mass is 10.2. The number of nitrogens with zero attached hydrogens (tertiary/aromatic N) is 2. The number of carbonyl (C=O) groups excluding carboxylic acids is 1. The molecule has 156 valence electrons.